The molecule has 1 aliphatic rings. The molecule has 2 atom stereocenters. The van der Waals surface area contributed by atoms with E-state index in [9.17, 15) is 9.59 Å². The van der Waals surface area contributed by atoms with Crippen LogP contribution in [0.4, 0.5) is 0 Å². The zero-order chi connectivity index (χ0) is 16.1. The maximum atomic E-state index is 12.3. The number of nitrogens with zero attached hydrogens (tertiary/aromatic N) is 3. The number of H-pyrrole nitrogens is 1. The molecule has 8 heteroatoms. The van der Waals surface area contributed by atoms with Crippen molar-refractivity contribution in [2.24, 2.45) is 5.92 Å². The van der Waals surface area contributed by atoms with Gasteiger partial charge in [-0.3, -0.25) is 14.7 Å². The largest absolute Gasteiger partial charge is 0.351 e. The molecule has 1 saturated heterocycles. The van der Waals surface area contributed by atoms with E-state index in [1.165, 1.54) is 6.92 Å². The Labute approximate surface area is 134 Å². The molecule has 0 radical (unpaired) electrons. The molecule has 1 fully saturated rings. The molecule has 1 aliphatic heterocycles. The Morgan fingerprint density at radius 2 is 2.23 bits per heavy atom. The highest BCUT2D eigenvalue weighted by Crippen LogP contribution is 2.22. The quantitative estimate of drug-likeness (QED) is 0.820. The number of aromatic amines is 1. The minimum atomic E-state index is -0.0447. The molecule has 0 aromatic carbocycles. The molecule has 2 amide bonds. The molecule has 0 spiro atoms. The monoisotopic (exact) mass is 327 g/mol. The van der Waals surface area contributed by atoms with E-state index in [0.29, 0.717) is 37.7 Å². The molecule has 1 aromatic heterocycles. The number of hydrogen-bond donors (Lipinski definition) is 2. The third-order valence-electron chi connectivity index (χ3n) is 3.92. The number of aromatic nitrogens is 3. The lowest BCUT2D eigenvalue weighted by Gasteiger charge is -2.17. The van der Waals surface area contributed by atoms with Gasteiger partial charge in [0.15, 0.2) is 0 Å². The van der Waals surface area contributed by atoms with Crippen LogP contribution >= 0.6 is 11.6 Å². The molecular weight excluding hydrogens is 306 g/mol. The molecule has 2 N–H and O–H groups in total. The molecule has 1 aromatic rings. The first-order valence-corrected chi connectivity index (χ1v) is 7.99. The molecular formula is C14H22ClN5O2. The standard InChI is InChI=1S/C14H22ClN5O2/c1-3-4-10-7-20(8-11(10)16-9(2)21)13(22)6-5-12-17-14(15)19-18-12/h10-11H,3-8H2,1-2H3,(H,16,21)(H,17,18,19)/t10-,11-/m1/s1. The molecule has 0 bridgehead atoms. The van der Waals surface area contributed by atoms with E-state index >= 15 is 0 Å². The topological polar surface area (TPSA) is 91.0 Å². The fourth-order valence-corrected chi connectivity index (χ4v) is 3.07. The summed E-state index contributed by atoms with van der Waals surface area (Å²) in [6.45, 7) is 4.92. The van der Waals surface area contributed by atoms with E-state index in [4.69, 9.17) is 11.6 Å². The van der Waals surface area contributed by atoms with Crippen molar-refractivity contribution in [2.45, 2.75) is 45.6 Å². The van der Waals surface area contributed by atoms with E-state index in [1.807, 2.05) is 4.90 Å². The average Bonchev–Trinajstić information content (AvgIpc) is 3.03. The van der Waals surface area contributed by atoms with Gasteiger partial charge in [0.1, 0.15) is 5.82 Å². The summed E-state index contributed by atoms with van der Waals surface area (Å²) in [7, 11) is 0. The summed E-state index contributed by atoms with van der Waals surface area (Å²) < 4.78 is 0. The van der Waals surface area contributed by atoms with E-state index in [-0.39, 0.29) is 23.1 Å². The molecule has 122 valence electrons. The lowest BCUT2D eigenvalue weighted by atomic mass is 9.98. The third-order valence-corrected chi connectivity index (χ3v) is 4.09. The predicted molar refractivity (Wildman–Crippen MR) is 82.3 cm³/mol. The summed E-state index contributed by atoms with van der Waals surface area (Å²) in [6, 6.07) is 0.0566. The van der Waals surface area contributed by atoms with Crippen LogP contribution in [-0.4, -0.2) is 51.0 Å². The van der Waals surface area contributed by atoms with E-state index in [0.717, 1.165) is 12.8 Å². The van der Waals surface area contributed by atoms with Gasteiger partial charge in [-0.15, -0.1) is 5.10 Å². The number of rotatable bonds is 6. The van der Waals surface area contributed by atoms with Crippen LogP contribution in [0.5, 0.6) is 0 Å². The van der Waals surface area contributed by atoms with Gasteiger partial charge in [0, 0.05) is 32.9 Å². The zero-order valence-electron chi connectivity index (χ0n) is 12.9. The molecule has 0 saturated carbocycles. The second-order valence-corrected chi connectivity index (χ2v) is 6.04. The summed E-state index contributed by atoms with van der Waals surface area (Å²) >= 11 is 5.64. The van der Waals surface area contributed by atoms with Crippen LogP contribution in [0, 0.1) is 5.92 Å². The van der Waals surface area contributed by atoms with Crippen molar-refractivity contribution >= 4 is 23.4 Å². The Kier molecular flexibility index (Phi) is 5.76. The fourth-order valence-electron chi connectivity index (χ4n) is 2.93. The minimum absolute atomic E-state index is 0.0447. The second kappa shape index (κ2) is 7.58. The van der Waals surface area contributed by atoms with Gasteiger partial charge in [0.2, 0.25) is 17.1 Å². The Morgan fingerprint density at radius 1 is 1.45 bits per heavy atom. The number of likely N-dealkylation sites (tertiary alicyclic amines) is 1. The highest BCUT2D eigenvalue weighted by Gasteiger charge is 2.34. The predicted octanol–water partition coefficient (Wildman–Crippen LogP) is 1.15. The highest BCUT2D eigenvalue weighted by molar-refractivity contribution is 6.28. The normalized spacial score (nSPS) is 21.1. The summed E-state index contributed by atoms with van der Waals surface area (Å²) in [4.78, 5) is 29.4. The van der Waals surface area contributed by atoms with Gasteiger partial charge in [-0.05, 0) is 23.9 Å². The average molecular weight is 328 g/mol. The Balaban J connectivity index is 1.88. The molecule has 2 rings (SSSR count). The van der Waals surface area contributed by atoms with Crippen molar-refractivity contribution < 1.29 is 9.59 Å². The summed E-state index contributed by atoms with van der Waals surface area (Å²) in [5, 5.41) is 9.55. The van der Waals surface area contributed by atoms with Gasteiger partial charge < -0.3 is 10.2 Å². The first-order chi connectivity index (χ1) is 10.5. The van der Waals surface area contributed by atoms with Gasteiger partial charge in [-0.2, -0.15) is 0 Å². The van der Waals surface area contributed by atoms with Crippen molar-refractivity contribution in [1.82, 2.24) is 25.4 Å². The fraction of sp³-hybridized carbons (Fsp3) is 0.714. The Bertz CT molecular complexity index is 533. The first kappa shape index (κ1) is 16.7. The van der Waals surface area contributed by atoms with Crippen LogP contribution in [0.15, 0.2) is 0 Å². The summed E-state index contributed by atoms with van der Waals surface area (Å²) in [5.74, 6) is 0.969. The SMILES string of the molecule is CCC[C@@H]1CN(C(=O)CCc2nc(Cl)n[nH]2)C[C@H]1NC(C)=O. The molecule has 2 heterocycles. The number of carbonyl (C=O) groups is 2. The smallest absolute Gasteiger partial charge is 0.242 e. The molecule has 0 aliphatic carbocycles. The van der Waals surface area contributed by atoms with Crippen LogP contribution in [0.1, 0.15) is 38.9 Å². The minimum Gasteiger partial charge on any atom is -0.351 e. The maximum absolute atomic E-state index is 12.3. The molecule has 7 nitrogen and oxygen atoms in total. The van der Waals surface area contributed by atoms with Gasteiger partial charge in [0.05, 0.1) is 6.04 Å². The summed E-state index contributed by atoms with van der Waals surface area (Å²) in [5.41, 5.74) is 0. The molecule has 22 heavy (non-hydrogen) atoms. The Morgan fingerprint density at radius 3 is 2.82 bits per heavy atom. The Hall–Kier alpha value is -1.63. The number of aryl methyl sites for hydroxylation is 1. The number of nitrogens with one attached hydrogen (secondary N) is 2. The third kappa shape index (κ3) is 4.43. The van der Waals surface area contributed by atoms with Gasteiger partial charge in [-0.25, -0.2) is 4.98 Å². The number of carbonyl (C=O) groups excluding carboxylic acids is 2. The molecule has 0 unspecified atom stereocenters. The number of hydrogen-bond acceptors (Lipinski definition) is 4. The highest BCUT2D eigenvalue weighted by atomic mass is 35.5. The first-order valence-electron chi connectivity index (χ1n) is 7.61. The van der Waals surface area contributed by atoms with Crippen LogP contribution in [0.3, 0.4) is 0 Å². The van der Waals surface area contributed by atoms with E-state index in [1.54, 1.807) is 0 Å². The lowest BCUT2D eigenvalue weighted by Crippen LogP contribution is -2.39. The van der Waals surface area contributed by atoms with Crippen LogP contribution in [-0.2, 0) is 16.0 Å². The van der Waals surface area contributed by atoms with Gasteiger partial charge in [0.25, 0.3) is 0 Å². The van der Waals surface area contributed by atoms with Crippen molar-refractivity contribution in [2.75, 3.05) is 13.1 Å². The van der Waals surface area contributed by atoms with Crippen molar-refractivity contribution in [3.63, 3.8) is 0 Å². The van der Waals surface area contributed by atoms with Crippen molar-refractivity contribution in [1.29, 1.82) is 0 Å². The van der Waals surface area contributed by atoms with Crippen LogP contribution in [0.25, 0.3) is 0 Å². The number of halogens is 1. The van der Waals surface area contributed by atoms with Crippen LogP contribution < -0.4 is 5.32 Å². The lowest BCUT2D eigenvalue weighted by molar-refractivity contribution is -0.130. The van der Waals surface area contributed by atoms with Crippen LogP contribution in [0.2, 0.25) is 5.28 Å². The van der Waals surface area contributed by atoms with Gasteiger partial charge in [-0.1, -0.05) is 13.3 Å². The van der Waals surface area contributed by atoms with Crippen molar-refractivity contribution in [3.8, 4) is 0 Å². The summed E-state index contributed by atoms with van der Waals surface area (Å²) in [6.07, 6.45) is 2.89. The van der Waals surface area contributed by atoms with E-state index < -0.39 is 0 Å². The number of amides is 2. The van der Waals surface area contributed by atoms with E-state index in [2.05, 4.69) is 27.4 Å². The van der Waals surface area contributed by atoms with Gasteiger partial charge >= 0.3 is 0 Å². The second-order valence-electron chi connectivity index (χ2n) is 5.71. The maximum Gasteiger partial charge on any atom is 0.242 e. The zero-order valence-corrected chi connectivity index (χ0v) is 13.7. The van der Waals surface area contributed by atoms with Crippen molar-refractivity contribution in [3.05, 3.63) is 11.1 Å².